The van der Waals surface area contributed by atoms with Crippen LogP contribution in [0.1, 0.15) is 219 Å². The van der Waals surface area contributed by atoms with Crippen molar-refractivity contribution in [3.05, 3.63) is 24.3 Å². The summed E-state index contributed by atoms with van der Waals surface area (Å²) in [6.45, 7) is 3.43. The van der Waals surface area contributed by atoms with Crippen molar-refractivity contribution in [2.75, 3.05) is 13.2 Å². The molecule has 9 atom stereocenters. The molecule has 11 heteroatoms. The summed E-state index contributed by atoms with van der Waals surface area (Å²) in [5, 5.41) is 75.7. The van der Waals surface area contributed by atoms with E-state index < -0.39 is 74.2 Å². The number of nitrogens with one attached hydrogen (secondary N) is 1. The normalized spacial score (nSPS) is 21.6. The first-order valence-electron chi connectivity index (χ1n) is 25.2. The number of hydrogen-bond acceptors (Lipinski definition) is 10. The molecule has 0 spiro atoms. The lowest BCUT2D eigenvalue weighted by Crippen LogP contribution is -2.60. The highest BCUT2D eigenvalue weighted by atomic mass is 16.7. The Hall–Kier alpha value is -1.41. The third-order valence-electron chi connectivity index (χ3n) is 12.3. The van der Waals surface area contributed by atoms with E-state index in [-0.39, 0.29) is 6.42 Å². The summed E-state index contributed by atoms with van der Waals surface area (Å²) in [5.41, 5.74) is 0. The van der Waals surface area contributed by atoms with Gasteiger partial charge in [0.15, 0.2) is 6.29 Å². The number of hydrogen-bond donors (Lipinski definition) is 8. The summed E-state index contributed by atoms with van der Waals surface area (Å²) in [5.74, 6) is -0.704. The first kappa shape index (κ1) is 57.6. The third-order valence-corrected chi connectivity index (χ3v) is 12.3. The Bertz CT molecular complexity index is 1040. The average molecular weight is 870 g/mol. The molecule has 9 unspecified atom stereocenters. The van der Waals surface area contributed by atoms with Gasteiger partial charge in [-0.05, 0) is 44.9 Å². The van der Waals surface area contributed by atoms with Crippen molar-refractivity contribution in [3.63, 3.8) is 0 Å². The van der Waals surface area contributed by atoms with Crippen LogP contribution in [-0.2, 0) is 14.3 Å². The average Bonchev–Trinajstić information content (AvgIpc) is 3.26. The molecule has 0 aliphatic carbocycles. The molecule has 1 aliphatic rings. The number of aliphatic hydroxyl groups excluding tert-OH is 7. The molecule has 8 N–H and O–H groups in total. The van der Waals surface area contributed by atoms with Gasteiger partial charge in [0.2, 0.25) is 5.91 Å². The van der Waals surface area contributed by atoms with E-state index in [4.69, 9.17) is 9.47 Å². The summed E-state index contributed by atoms with van der Waals surface area (Å²) in [4.78, 5) is 13.1. The zero-order valence-electron chi connectivity index (χ0n) is 38.9. The molecule has 0 aromatic carbocycles. The Labute approximate surface area is 372 Å². The van der Waals surface area contributed by atoms with Crippen LogP contribution >= 0.6 is 0 Å². The Morgan fingerprint density at radius 2 is 1.00 bits per heavy atom. The molecular formula is C50H95NO10. The second-order valence-electron chi connectivity index (χ2n) is 17.9. The monoisotopic (exact) mass is 870 g/mol. The van der Waals surface area contributed by atoms with Crippen LogP contribution in [0.2, 0.25) is 0 Å². The molecule has 61 heavy (non-hydrogen) atoms. The smallest absolute Gasteiger partial charge is 0.249 e. The summed E-state index contributed by atoms with van der Waals surface area (Å²) >= 11 is 0. The van der Waals surface area contributed by atoms with Crippen molar-refractivity contribution in [3.8, 4) is 0 Å². The van der Waals surface area contributed by atoms with Gasteiger partial charge in [-0.15, -0.1) is 0 Å². The number of carbonyl (C=O) groups excluding carboxylic acids is 1. The van der Waals surface area contributed by atoms with Crippen LogP contribution in [0.5, 0.6) is 0 Å². The van der Waals surface area contributed by atoms with E-state index in [2.05, 4.69) is 43.5 Å². The first-order valence-corrected chi connectivity index (χ1v) is 25.2. The van der Waals surface area contributed by atoms with Crippen molar-refractivity contribution < 1.29 is 50.0 Å². The minimum atomic E-state index is -1.66. The summed E-state index contributed by atoms with van der Waals surface area (Å²) in [7, 11) is 0. The molecule has 0 aromatic rings. The maximum absolute atomic E-state index is 13.1. The highest BCUT2D eigenvalue weighted by Crippen LogP contribution is 2.23. The molecule has 1 fully saturated rings. The zero-order valence-corrected chi connectivity index (χ0v) is 38.9. The van der Waals surface area contributed by atoms with Crippen molar-refractivity contribution >= 4 is 5.91 Å². The SMILES string of the molecule is CCCCCCCCCCC/C=C\C/C=C\CCCCCCCCC(O)C(=O)NC(COC1OC(CO)C(O)C(O)C1O)C(O)C(O)CCCCCCCCCCCCCC. The van der Waals surface area contributed by atoms with Crippen LogP contribution < -0.4 is 5.32 Å². The molecular weight excluding hydrogens is 775 g/mol. The van der Waals surface area contributed by atoms with E-state index in [1.807, 2.05) is 0 Å². The molecule has 1 amide bonds. The Morgan fingerprint density at radius 3 is 1.46 bits per heavy atom. The lowest BCUT2D eigenvalue weighted by atomic mass is 9.98. The largest absolute Gasteiger partial charge is 0.394 e. The van der Waals surface area contributed by atoms with Gasteiger partial charge < -0.3 is 50.5 Å². The summed E-state index contributed by atoms with van der Waals surface area (Å²) in [6, 6.07) is -1.17. The van der Waals surface area contributed by atoms with Gasteiger partial charge in [0.1, 0.15) is 36.6 Å². The second kappa shape index (κ2) is 40.1. The van der Waals surface area contributed by atoms with Crippen LogP contribution in [0.25, 0.3) is 0 Å². The fourth-order valence-electron chi connectivity index (χ4n) is 8.06. The van der Waals surface area contributed by atoms with Gasteiger partial charge in [-0.2, -0.15) is 0 Å². The van der Waals surface area contributed by atoms with Crippen molar-refractivity contribution in [1.82, 2.24) is 5.32 Å². The van der Waals surface area contributed by atoms with Crippen LogP contribution in [0.3, 0.4) is 0 Å². The number of amides is 1. The van der Waals surface area contributed by atoms with E-state index in [1.165, 1.54) is 116 Å². The van der Waals surface area contributed by atoms with Gasteiger partial charge >= 0.3 is 0 Å². The molecule has 360 valence electrons. The minimum Gasteiger partial charge on any atom is -0.394 e. The Kier molecular flexibility index (Phi) is 37.9. The van der Waals surface area contributed by atoms with E-state index in [0.29, 0.717) is 19.3 Å². The molecule has 11 nitrogen and oxygen atoms in total. The van der Waals surface area contributed by atoms with Gasteiger partial charge in [0.05, 0.1) is 25.4 Å². The van der Waals surface area contributed by atoms with Crippen LogP contribution in [0, 0.1) is 0 Å². The standard InChI is InChI=1S/C50H95NO10/c1-3-5-7-9-11-13-15-17-18-19-20-21-22-23-24-25-26-28-30-32-34-36-38-43(54)49(59)51-41(40-60-50-48(58)47(57)46(56)44(39-52)61-50)45(55)42(53)37-35-33-31-29-27-16-14-12-10-8-6-4-2/h20-21,23-24,41-48,50,52-58H,3-19,22,25-40H2,1-2H3,(H,51,59)/b21-20-,24-23-. The molecule has 0 aromatic heterocycles. The quantitative estimate of drug-likeness (QED) is 0.0217. The number of allylic oxidation sites excluding steroid dienone is 4. The van der Waals surface area contributed by atoms with Crippen LogP contribution in [0.4, 0.5) is 0 Å². The molecule has 0 bridgehead atoms. The van der Waals surface area contributed by atoms with E-state index in [9.17, 15) is 40.5 Å². The molecule has 1 rings (SSSR count). The highest BCUT2D eigenvalue weighted by Gasteiger charge is 2.44. The number of rotatable bonds is 42. The van der Waals surface area contributed by atoms with Crippen molar-refractivity contribution in [2.45, 2.75) is 274 Å². The van der Waals surface area contributed by atoms with Gasteiger partial charge in [0.25, 0.3) is 0 Å². The summed E-state index contributed by atoms with van der Waals surface area (Å²) in [6.07, 6.45) is 33.7. The summed E-state index contributed by atoms with van der Waals surface area (Å²) < 4.78 is 11.1. The predicted octanol–water partition coefficient (Wildman–Crippen LogP) is 9.01. The first-order chi connectivity index (χ1) is 29.7. The van der Waals surface area contributed by atoms with Crippen molar-refractivity contribution in [2.24, 2.45) is 0 Å². The number of aliphatic hydroxyl groups is 7. The van der Waals surface area contributed by atoms with E-state index in [0.717, 1.165) is 64.2 Å². The number of ether oxygens (including phenoxy) is 2. The number of carbonyl (C=O) groups is 1. The second-order valence-corrected chi connectivity index (χ2v) is 17.9. The topological polar surface area (TPSA) is 189 Å². The molecule has 0 radical (unpaired) electrons. The fraction of sp³-hybridized carbons (Fsp3) is 0.900. The molecule has 1 heterocycles. The van der Waals surface area contributed by atoms with Crippen molar-refractivity contribution in [1.29, 1.82) is 0 Å². The van der Waals surface area contributed by atoms with Gasteiger partial charge in [0, 0.05) is 0 Å². The van der Waals surface area contributed by atoms with E-state index in [1.54, 1.807) is 0 Å². The highest BCUT2D eigenvalue weighted by molar-refractivity contribution is 5.80. The fourth-order valence-corrected chi connectivity index (χ4v) is 8.06. The Morgan fingerprint density at radius 1 is 0.574 bits per heavy atom. The predicted molar refractivity (Wildman–Crippen MR) is 247 cm³/mol. The lowest BCUT2D eigenvalue weighted by Gasteiger charge is -2.40. The maximum atomic E-state index is 13.1. The van der Waals surface area contributed by atoms with Crippen LogP contribution in [0.15, 0.2) is 24.3 Å². The van der Waals surface area contributed by atoms with Crippen LogP contribution in [-0.4, -0.2) is 110 Å². The Balaban J connectivity index is 2.38. The molecule has 1 aliphatic heterocycles. The molecule has 0 saturated carbocycles. The zero-order chi connectivity index (χ0) is 44.8. The maximum Gasteiger partial charge on any atom is 0.249 e. The van der Waals surface area contributed by atoms with E-state index >= 15 is 0 Å². The van der Waals surface area contributed by atoms with Gasteiger partial charge in [-0.25, -0.2) is 0 Å². The van der Waals surface area contributed by atoms with Gasteiger partial charge in [-0.1, -0.05) is 199 Å². The minimum absolute atomic E-state index is 0.249. The van der Waals surface area contributed by atoms with Gasteiger partial charge in [-0.3, -0.25) is 4.79 Å². The third kappa shape index (κ3) is 29.6. The lowest BCUT2D eigenvalue weighted by molar-refractivity contribution is -0.303. The number of unbranched alkanes of at least 4 members (excludes halogenated alkanes) is 26. The molecule has 1 saturated heterocycles.